The molecule has 2 N–H and O–H groups in total. The van der Waals surface area contributed by atoms with Gasteiger partial charge in [-0.25, -0.2) is 0 Å². The molecule has 0 atom stereocenters. The lowest BCUT2D eigenvalue weighted by Gasteiger charge is -2.10. The van der Waals surface area contributed by atoms with Crippen LogP contribution in [0.15, 0.2) is 49.2 Å². The Labute approximate surface area is 152 Å². The van der Waals surface area contributed by atoms with Gasteiger partial charge < -0.3 is 19.5 Å². The predicted octanol–water partition coefficient (Wildman–Crippen LogP) is 4.92. The highest BCUT2D eigenvalue weighted by molar-refractivity contribution is 5.89. The number of aromatic hydroxyl groups is 1. The second-order valence-corrected chi connectivity index (χ2v) is 6.05. The van der Waals surface area contributed by atoms with Crippen molar-refractivity contribution in [1.29, 1.82) is 5.26 Å². The number of ether oxygens (including phenoxy) is 1. The van der Waals surface area contributed by atoms with E-state index in [-0.39, 0.29) is 17.1 Å². The number of aromatic nitrogens is 1. The Balaban J connectivity index is 2.10. The molecule has 0 amide bonds. The lowest BCUT2D eigenvalue weighted by molar-refractivity contribution is 0.310. The zero-order valence-corrected chi connectivity index (χ0v) is 14.6. The van der Waals surface area contributed by atoms with Crippen molar-refractivity contribution >= 4 is 16.7 Å². The standard InChI is InChI=1S/C21H20N2O3/c1-3-4-9-26-17-6-8-19-15(12-22)13-23(20(19)11-17)16-5-7-18(14(2)24)21(25)10-16/h5-8,10-11,13,24-25H,2-4,9H2,1H3. The van der Waals surface area contributed by atoms with Gasteiger partial charge in [0, 0.05) is 29.4 Å². The van der Waals surface area contributed by atoms with Crippen molar-refractivity contribution in [2.45, 2.75) is 19.8 Å². The number of hydrogen-bond donors (Lipinski definition) is 2. The molecule has 132 valence electrons. The molecule has 0 aliphatic rings. The molecule has 0 fully saturated rings. The number of hydrogen-bond acceptors (Lipinski definition) is 4. The first-order valence-electron chi connectivity index (χ1n) is 8.44. The maximum Gasteiger partial charge on any atom is 0.128 e. The fourth-order valence-corrected chi connectivity index (χ4v) is 2.85. The Bertz CT molecular complexity index is 1010. The van der Waals surface area contributed by atoms with Gasteiger partial charge in [0.2, 0.25) is 0 Å². The summed E-state index contributed by atoms with van der Waals surface area (Å²) in [7, 11) is 0. The molecule has 0 radical (unpaired) electrons. The Hall–Kier alpha value is -3.39. The van der Waals surface area contributed by atoms with Crippen molar-refractivity contribution < 1.29 is 14.9 Å². The molecule has 0 unspecified atom stereocenters. The number of phenols is 1. The number of unbranched alkanes of at least 4 members (excludes halogenated alkanes) is 1. The highest BCUT2D eigenvalue weighted by Gasteiger charge is 2.13. The summed E-state index contributed by atoms with van der Waals surface area (Å²) < 4.78 is 7.60. The number of nitrogens with zero attached hydrogens (tertiary/aromatic N) is 2. The van der Waals surface area contributed by atoms with E-state index >= 15 is 0 Å². The molecule has 1 aromatic heterocycles. The fraction of sp³-hybridized carbons (Fsp3) is 0.190. The maximum atomic E-state index is 10.1. The second-order valence-electron chi connectivity index (χ2n) is 6.05. The van der Waals surface area contributed by atoms with E-state index in [0.717, 1.165) is 29.5 Å². The highest BCUT2D eigenvalue weighted by atomic mass is 16.5. The van der Waals surface area contributed by atoms with Gasteiger partial charge in [0.05, 0.1) is 23.3 Å². The Morgan fingerprint density at radius 3 is 2.73 bits per heavy atom. The lowest BCUT2D eigenvalue weighted by atomic mass is 10.1. The Kier molecular flexibility index (Phi) is 4.85. The summed E-state index contributed by atoms with van der Waals surface area (Å²) >= 11 is 0. The molecule has 3 rings (SSSR count). The average Bonchev–Trinajstić information content (AvgIpc) is 2.99. The number of nitriles is 1. The van der Waals surface area contributed by atoms with Gasteiger partial charge in [0.15, 0.2) is 0 Å². The van der Waals surface area contributed by atoms with Crippen LogP contribution in [0.2, 0.25) is 0 Å². The summed E-state index contributed by atoms with van der Waals surface area (Å²) in [6.45, 7) is 6.18. The average molecular weight is 348 g/mol. The first kappa shape index (κ1) is 17.4. The molecule has 0 spiro atoms. The molecule has 1 heterocycles. The minimum atomic E-state index is -0.198. The fourth-order valence-electron chi connectivity index (χ4n) is 2.85. The summed E-state index contributed by atoms with van der Waals surface area (Å²) in [5.74, 6) is 0.459. The quantitative estimate of drug-likeness (QED) is 0.490. The monoisotopic (exact) mass is 348 g/mol. The van der Waals surface area contributed by atoms with Crippen molar-refractivity contribution in [3.8, 4) is 23.3 Å². The number of fused-ring (bicyclic) bond motifs is 1. The van der Waals surface area contributed by atoms with Gasteiger partial charge >= 0.3 is 0 Å². The lowest BCUT2D eigenvalue weighted by Crippen LogP contribution is -1.97. The number of benzene rings is 2. The van der Waals surface area contributed by atoms with Gasteiger partial charge in [0.25, 0.3) is 0 Å². The van der Waals surface area contributed by atoms with Crippen molar-refractivity contribution in [3.63, 3.8) is 0 Å². The van der Waals surface area contributed by atoms with Crippen molar-refractivity contribution in [3.05, 3.63) is 60.3 Å². The molecular formula is C21H20N2O3. The van der Waals surface area contributed by atoms with Gasteiger partial charge in [-0.3, -0.25) is 0 Å². The summed E-state index contributed by atoms with van der Waals surface area (Å²) in [4.78, 5) is 0. The maximum absolute atomic E-state index is 10.1. The summed E-state index contributed by atoms with van der Waals surface area (Å²) in [6, 6.07) is 12.7. The van der Waals surface area contributed by atoms with Gasteiger partial charge in [-0.2, -0.15) is 5.26 Å². The minimum Gasteiger partial charge on any atom is -0.508 e. The van der Waals surface area contributed by atoms with Gasteiger partial charge in [-0.1, -0.05) is 19.9 Å². The molecule has 0 bridgehead atoms. The van der Waals surface area contributed by atoms with E-state index in [2.05, 4.69) is 19.6 Å². The van der Waals surface area contributed by atoms with E-state index in [1.165, 1.54) is 6.07 Å². The van der Waals surface area contributed by atoms with Crippen LogP contribution in [-0.4, -0.2) is 21.4 Å². The Morgan fingerprint density at radius 1 is 1.27 bits per heavy atom. The molecule has 3 aromatic rings. The predicted molar refractivity (Wildman–Crippen MR) is 102 cm³/mol. The third-order valence-corrected chi connectivity index (χ3v) is 4.23. The number of aliphatic hydroxyl groups excluding tert-OH is 1. The first-order chi connectivity index (χ1) is 12.5. The van der Waals surface area contributed by atoms with E-state index < -0.39 is 0 Å². The van der Waals surface area contributed by atoms with E-state index in [4.69, 9.17) is 4.74 Å². The molecule has 0 saturated carbocycles. The van der Waals surface area contributed by atoms with E-state index in [0.29, 0.717) is 17.9 Å². The molecule has 5 heteroatoms. The number of phenolic OH excluding ortho intramolecular Hbond substituents is 1. The molecule has 0 aliphatic heterocycles. The number of rotatable bonds is 6. The molecule has 2 aromatic carbocycles. The van der Waals surface area contributed by atoms with Crippen LogP contribution in [0, 0.1) is 11.3 Å². The van der Waals surface area contributed by atoms with Crippen LogP contribution in [0.25, 0.3) is 22.3 Å². The van der Waals surface area contributed by atoms with Crippen LogP contribution < -0.4 is 4.74 Å². The highest BCUT2D eigenvalue weighted by Crippen LogP contribution is 2.31. The van der Waals surface area contributed by atoms with Crippen LogP contribution in [-0.2, 0) is 0 Å². The van der Waals surface area contributed by atoms with Crippen molar-refractivity contribution in [2.24, 2.45) is 0 Å². The SMILES string of the molecule is C=C(O)c1ccc(-n2cc(C#N)c3ccc(OCCCC)cc32)cc1O. The molecule has 5 nitrogen and oxygen atoms in total. The normalized spacial score (nSPS) is 10.6. The van der Waals surface area contributed by atoms with Crippen LogP contribution in [0.3, 0.4) is 0 Å². The van der Waals surface area contributed by atoms with Crippen LogP contribution >= 0.6 is 0 Å². The summed E-state index contributed by atoms with van der Waals surface area (Å²) in [6.07, 6.45) is 3.75. The van der Waals surface area contributed by atoms with Crippen LogP contribution in [0.5, 0.6) is 11.5 Å². The van der Waals surface area contributed by atoms with E-state index in [1.807, 2.05) is 22.8 Å². The van der Waals surface area contributed by atoms with E-state index in [9.17, 15) is 15.5 Å². The first-order valence-corrected chi connectivity index (χ1v) is 8.44. The second kappa shape index (κ2) is 7.24. The molecular weight excluding hydrogens is 328 g/mol. The van der Waals surface area contributed by atoms with Gasteiger partial charge in [-0.05, 0) is 30.7 Å². The summed E-state index contributed by atoms with van der Waals surface area (Å²) in [5.41, 5.74) is 2.29. The van der Waals surface area contributed by atoms with Gasteiger partial charge in [-0.15, -0.1) is 0 Å². The zero-order valence-electron chi connectivity index (χ0n) is 14.6. The largest absolute Gasteiger partial charge is 0.508 e. The van der Waals surface area contributed by atoms with Crippen molar-refractivity contribution in [1.82, 2.24) is 4.57 Å². The smallest absolute Gasteiger partial charge is 0.128 e. The zero-order chi connectivity index (χ0) is 18.7. The molecule has 26 heavy (non-hydrogen) atoms. The van der Waals surface area contributed by atoms with Crippen LogP contribution in [0.4, 0.5) is 0 Å². The van der Waals surface area contributed by atoms with Gasteiger partial charge in [0.1, 0.15) is 23.3 Å². The Morgan fingerprint density at radius 2 is 2.08 bits per heavy atom. The minimum absolute atomic E-state index is 0.0780. The summed E-state index contributed by atoms with van der Waals surface area (Å²) in [5, 5.41) is 29.9. The molecule has 0 saturated heterocycles. The third-order valence-electron chi connectivity index (χ3n) is 4.23. The van der Waals surface area contributed by atoms with E-state index in [1.54, 1.807) is 18.3 Å². The van der Waals surface area contributed by atoms with Crippen molar-refractivity contribution in [2.75, 3.05) is 6.61 Å². The topological polar surface area (TPSA) is 78.4 Å². The third kappa shape index (κ3) is 3.22. The number of aliphatic hydroxyl groups is 1. The van der Waals surface area contributed by atoms with Crippen LogP contribution in [0.1, 0.15) is 30.9 Å². The molecule has 0 aliphatic carbocycles.